The Labute approximate surface area is 322 Å². The zero-order chi connectivity index (χ0) is 40.6. The van der Waals surface area contributed by atoms with Crippen LogP contribution in [-0.2, 0) is 22.3 Å². The van der Waals surface area contributed by atoms with Crippen molar-refractivity contribution in [1.82, 2.24) is 25.8 Å². The number of aromatic nitrogens is 1. The molecule has 0 aliphatic carbocycles. The highest BCUT2D eigenvalue weighted by Gasteiger charge is 2.45. The molecule has 0 saturated carbocycles. The minimum Gasteiger partial charge on any atom is -0.495 e. The quantitative estimate of drug-likeness (QED) is 0.104. The highest BCUT2D eigenvalue weighted by Crippen LogP contribution is 2.39. The van der Waals surface area contributed by atoms with E-state index >= 15 is 4.39 Å². The molecule has 3 aromatic carbocycles. The van der Waals surface area contributed by atoms with E-state index in [4.69, 9.17) is 4.74 Å². The minimum atomic E-state index is -4.79. The van der Waals surface area contributed by atoms with E-state index < -0.39 is 58.8 Å². The predicted octanol–water partition coefficient (Wildman–Crippen LogP) is 4.86. The Kier molecular flexibility index (Phi) is 10.5. The van der Waals surface area contributed by atoms with E-state index in [1.54, 1.807) is 30.3 Å². The summed E-state index contributed by atoms with van der Waals surface area (Å²) in [5, 5.41) is 13.5. The van der Waals surface area contributed by atoms with Gasteiger partial charge < -0.3 is 30.9 Å². The van der Waals surface area contributed by atoms with Crippen molar-refractivity contribution in [3.05, 3.63) is 100 Å². The number of benzene rings is 3. The first-order chi connectivity index (χ1) is 27.2. The molecule has 0 radical (unpaired) electrons. The Hall–Kier alpha value is -6.56. The number of carbonyl (C=O) groups is 5. The van der Waals surface area contributed by atoms with Crippen LogP contribution in [0.15, 0.2) is 66.9 Å². The molecule has 1 unspecified atom stereocenters. The van der Waals surface area contributed by atoms with Crippen LogP contribution < -0.4 is 36.2 Å². The number of para-hydroxylation sites is 1. The Morgan fingerprint density at radius 1 is 0.947 bits per heavy atom. The van der Waals surface area contributed by atoms with Crippen molar-refractivity contribution in [2.24, 2.45) is 0 Å². The summed E-state index contributed by atoms with van der Waals surface area (Å²) in [6.07, 6.45) is -3.40. The summed E-state index contributed by atoms with van der Waals surface area (Å²) in [6, 6.07) is 13.5. The molecule has 18 heteroatoms. The van der Waals surface area contributed by atoms with Gasteiger partial charge in [-0.2, -0.15) is 13.2 Å². The maximum absolute atomic E-state index is 15.6. The lowest BCUT2D eigenvalue weighted by Crippen LogP contribution is -2.54. The van der Waals surface area contributed by atoms with Gasteiger partial charge in [0.05, 0.1) is 46.4 Å². The molecule has 2 atom stereocenters. The second kappa shape index (κ2) is 15.5. The number of carbonyl (C=O) groups excluding carboxylic acids is 5. The molecular weight excluding hydrogens is 752 g/mol. The molecule has 0 spiro atoms. The van der Waals surface area contributed by atoms with Gasteiger partial charge in [0.2, 0.25) is 11.8 Å². The number of rotatable bonds is 11. The zero-order valence-corrected chi connectivity index (χ0v) is 30.6. The molecule has 296 valence electrons. The van der Waals surface area contributed by atoms with Gasteiger partial charge in [0.25, 0.3) is 17.7 Å². The maximum Gasteiger partial charge on any atom is 0.419 e. The number of pyridine rings is 1. The molecule has 1 aromatic heterocycles. The monoisotopic (exact) mass is 788 g/mol. The lowest BCUT2D eigenvalue weighted by molar-refractivity contribution is -0.137. The highest BCUT2D eigenvalue weighted by molar-refractivity contribution is 6.23. The van der Waals surface area contributed by atoms with E-state index in [2.05, 4.69) is 31.6 Å². The summed E-state index contributed by atoms with van der Waals surface area (Å²) in [5.74, 6) is -3.30. The van der Waals surface area contributed by atoms with Crippen molar-refractivity contribution >= 4 is 58.1 Å². The van der Waals surface area contributed by atoms with Crippen LogP contribution in [0.4, 0.5) is 46.1 Å². The van der Waals surface area contributed by atoms with Crippen molar-refractivity contribution in [3.63, 3.8) is 0 Å². The van der Waals surface area contributed by atoms with Gasteiger partial charge in [0.1, 0.15) is 23.4 Å². The molecule has 3 aliphatic rings. The van der Waals surface area contributed by atoms with Crippen molar-refractivity contribution in [2.45, 2.75) is 44.1 Å². The summed E-state index contributed by atoms with van der Waals surface area (Å²) in [5.41, 5.74) is 0.190. The Morgan fingerprint density at radius 3 is 2.46 bits per heavy atom. The van der Waals surface area contributed by atoms with Crippen LogP contribution in [-0.4, -0.2) is 78.8 Å². The number of methoxy groups -OCH3 is 1. The summed E-state index contributed by atoms with van der Waals surface area (Å²) >= 11 is 0. The number of fused-ring (bicyclic) bond motifs is 1. The van der Waals surface area contributed by atoms with E-state index in [1.165, 1.54) is 32.4 Å². The molecule has 57 heavy (non-hydrogen) atoms. The van der Waals surface area contributed by atoms with Gasteiger partial charge in [-0.3, -0.25) is 34.2 Å². The van der Waals surface area contributed by atoms with E-state index in [0.717, 1.165) is 17.0 Å². The molecule has 5 N–H and O–H groups in total. The van der Waals surface area contributed by atoms with Crippen molar-refractivity contribution in [2.75, 3.05) is 42.8 Å². The molecule has 4 heterocycles. The number of hydrogen-bond donors (Lipinski definition) is 5. The molecule has 3 aliphatic heterocycles. The topological polar surface area (TPSA) is 174 Å². The number of alkyl halides is 3. The van der Waals surface area contributed by atoms with E-state index in [0.29, 0.717) is 31.4 Å². The first-order valence-electron chi connectivity index (χ1n) is 17.9. The number of anilines is 5. The maximum atomic E-state index is 15.6. The van der Waals surface area contributed by atoms with Crippen LogP contribution in [0.1, 0.15) is 61.5 Å². The standard InChI is InChI=1S/C39H36F4N8O6/c1-44-35(53)24-5-3-4-6-28(24)47-29-16-33(46-18-26(29)39(41,42)43)48-30-15-27(40)20(13-32(30)57-2)17-45-21-11-12-50(19-21)22-7-8-23-25(14-22)38(56)51(37(23)55)31-9-10-34(52)49-36(31)54/h3-8,13-16,18,21,31,45H,9-12,17,19H2,1-2H3,(H,44,53)(H2,46,47,48)(H,49,52,54)/t21-,31?/m1/s1. The van der Waals surface area contributed by atoms with Crippen molar-refractivity contribution in [3.8, 4) is 5.75 Å². The fraction of sp³-hybridized carbons (Fsp3) is 0.282. The predicted molar refractivity (Wildman–Crippen MR) is 199 cm³/mol. The molecule has 7 rings (SSSR count). The third-order valence-electron chi connectivity index (χ3n) is 10.1. The fourth-order valence-electron chi connectivity index (χ4n) is 7.13. The van der Waals surface area contributed by atoms with Gasteiger partial charge in [-0.25, -0.2) is 9.37 Å². The molecule has 0 bridgehead atoms. The molecule has 2 fully saturated rings. The normalized spacial score (nSPS) is 18.1. The largest absolute Gasteiger partial charge is 0.495 e. The van der Waals surface area contributed by atoms with Gasteiger partial charge in [-0.1, -0.05) is 12.1 Å². The van der Waals surface area contributed by atoms with Crippen molar-refractivity contribution in [1.29, 1.82) is 0 Å². The number of nitrogens with one attached hydrogen (secondary N) is 5. The third kappa shape index (κ3) is 7.80. The van der Waals surface area contributed by atoms with Gasteiger partial charge in [0.15, 0.2) is 0 Å². The van der Waals surface area contributed by atoms with E-state index in [9.17, 15) is 37.1 Å². The fourth-order valence-corrected chi connectivity index (χ4v) is 7.13. The van der Waals surface area contributed by atoms with E-state index in [1.807, 2.05) is 4.90 Å². The van der Waals surface area contributed by atoms with Gasteiger partial charge in [0, 0.05) is 68.7 Å². The first-order valence-corrected chi connectivity index (χ1v) is 17.9. The summed E-state index contributed by atoms with van der Waals surface area (Å²) in [4.78, 5) is 69.6. The smallest absolute Gasteiger partial charge is 0.419 e. The molecule has 4 aromatic rings. The van der Waals surface area contributed by atoms with Crippen LogP contribution in [0, 0.1) is 5.82 Å². The summed E-state index contributed by atoms with van der Waals surface area (Å²) in [7, 11) is 2.77. The first kappa shape index (κ1) is 38.7. The minimum absolute atomic E-state index is 0.0212. The number of nitrogens with zero attached hydrogens (tertiary/aromatic N) is 3. The summed E-state index contributed by atoms with van der Waals surface area (Å²) in [6.45, 7) is 1.20. The average molecular weight is 789 g/mol. The number of amides is 5. The van der Waals surface area contributed by atoms with E-state index in [-0.39, 0.29) is 70.6 Å². The van der Waals surface area contributed by atoms with Crippen LogP contribution in [0.2, 0.25) is 0 Å². The lowest BCUT2D eigenvalue weighted by atomic mass is 10.0. The van der Waals surface area contributed by atoms with Gasteiger partial charge in [-0.15, -0.1) is 0 Å². The average Bonchev–Trinajstić information content (AvgIpc) is 3.75. The Bertz CT molecular complexity index is 2300. The highest BCUT2D eigenvalue weighted by atomic mass is 19.4. The summed E-state index contributed by atoms with van der Waals surface area (Å²) < 4.78 is 63.1. The van der Waals surface area contributed by atoms with Gasteiger partial charge >= 0.3 is 6.18 Å². The molecule has 14 nitrogen and oxygen atoms in total. The molecular formula is C39H36F4N8O6. The number of imide groups is 2. The van der Waals surface area contributed by atoms with Crippen LogP contribution in [0.25, 0.3) is 0 Å². The molecule has 2 saturated heterocycles. The second-order valence-electron chi connectivity index (χ2n) is 13.6. The zero-order valence-electron chi connectivity index (χ0n) is 30.6. The third-order valence-corrected chi connectivity index (χ3v) is 10.1. The second-order valence-corrected chi connectivity index (χ2v) is 13.6. The number of piperidine rings is 1. The SMILES string of the molecule is CNC(=O)c1ccccc1Nc1cc(Nc2cc(F)c(CN[C@@H]3CCN(c4ccc5c(c4)C(=O)N(C4CCC(=O)NC4=O)C5=O)C3)cc2OC)ncc1C(F)(F)F. The molecule has 5 amide bonds. The number of halogens is 4. The van der Waals surface area contributed by atoms with Crippen LogP contribution >= 0.6 is 0 Å². The van der Waals surface area contributed by atoms with Gasteiger partial charge in [-0.05, 0) is 49.2 Å². The number of hydrogen-bond acceptors (Lipinski definition) is 11. The Morgan fingerprint density at radius 2 is 1.72 bits per heavy atom. The number of ether oxygens (including phenoxy) is 1. The Balaban J connectivity index is 1.02. The van der Waals surface area contributed by atoms with Crippen LogP contribution in [0.3, 0.4) is 0 Å². The lowest BCUT2D eigenvalue weighted by Gasteiger charge is -2.27. The van der Waals surface area contributed by atoms with Crippen LogP contribution in [0.5, 0.6) is 5.75 Å². The van der Waals surface area contributed by atoms with Crippen molar-refractivity contribution < 1.29 is 46.3 Å².